The summed E-state index contributed by atoms with van der Waals surface area (Å²) < 4.78 is 2.34. The van der Waals surface area contributed by atoms with Crippen molar-refractivity contribution in [3.63, 3.8) is 0 Å². The van der Waals surface area contributed by atoms with Gasteiger partial charge in [0.15, 0.2) is 0 Å². The predicted octanol–water partition coefficient (Wildman–Crippen LogP) is 3.87. The fourth-order valence-corrected chi connectivity index (χ4v) is 3.74. The summed E-state index contributed by atoms with van der Waals surface area (Å²) in [6.07, 6.45) is 8.87. The Hall–Kier alpha value is -0.830. The molecule has 0 aromatic carbocycles. The quantitative estimate of drug-likeness (QED) is 0.820. The van der Waals surface area contributed by atoms with Crippen molar-refractivity contribution < 1.29 is 0 Å². The van der Waals surface area contributed by atoms with Crippen LogP contribution in [0, 0.1) is 5.92 Å². The monoisotopic (exact) mass is 277 g/mol. The topological polar surface area (TPSA) is 29.9 Å². The Labute approximate surface area is 124 Å². The summed E-state index contributed by atoms with van der Waals surface area (Å²) in [5.41, 5.74) is 4.26. The zero-order valence-electron chi connectivity index (χ0n) is 13.7. The smallest absolute Gasteiger partial charge is 0.0672 e. The average Bonchev–Trinajstić information content (AvgIpc) is 3.08. The van der Waals surface area contributed by atoms with Gasteiger partial charge in [-0.1, -0.05) is 33.6 Å². The molecule has 1 aliphatic rings. The molecule has 1 heterocycles. The number of hydrogen-bond acceptors (Lipinski definition) is 2. The van der Waals surface area contributed by atoms with Crippen molar-refractivity contribution in [3.05, 3.63) is 17.0 Å². The minimum Gasteiger partial charge on any atom is -0.313 e. The van der Waals surface area contributed by atoms with E-state index in [9.17, 15) is 0 Å². The van der Waals surface area contributed by atoms with Crippen molar-refractivity contribution >= 4 is 0 Å². The van der Waals surface area contributed by atoms with E-state index in [1.165, 1.54) is 42.6 Å². The highest BCUT2D eigenvalue weighted by molar-refractivity contribution is 5.30. The molecule has 3 heteroatoms. The standard InChI is InChI=1S/C17H31N3/c1-5-14(18-4)17-15(6-2)19-20(16(17)7-3)12-13-10-8-9-11-13/h13-14,18H,5-12H2,1-4H3. The maximum absolute atomic E-state index is 4.96. The summed E-state index contributed by atoms with van der Waals surface area (Å²) in [6.45, 7) is 7.89. The minimum atomic E-state index is 0.456. The Morgan fingerprint density at radius 2 is 1.90 bits per heavy atom. The second kappa shape index (κ2) is 7.26. The van der Waals surface area contributed by atoms with Gasteiger partial charge >= 0.3 is 0 Å². The molecule has 2 rings (SSSR count). The third-order valence-electron chi connectivity index (χ3n) is 4.86. The van der Waals surface area contributed by atoms with E-state index in [4.69, 9.17) is 5.10 Å². The van der Waals surface area contributed by atoms with Crippen LogP contribution in [0.15, 0.2) is 0 Å². The second-order valence-corrected chi connectivity index (χ2v) is 6.10. The average molecular weight is 277 g/mol. The minimum absolute atomic E-state index is 0.456. The van der Waals surface area contributed by atoms with Crippen molar-refractivity contribution in [1.29, 1.82) is 0 Å². The highest BCUT2D eigenvalue weighted by Crippen LogP contribution is 2.30. The van der Waals surface area contributed by atoms with Gasteiger partial charge < -0.3 is 5.32 Å². The Kier molecular flexibility index (Phi) is 5.64. The molecule has 0 saturated heterocycles. The van der Waals surface area contributed by atoms with Gasteiger partial charge in [-0.2, -0.15) is 5.10 Å². The molecule has 1 N–H and O–H groups in total. The number of nitrogens with zero attached hydrogens (tertiary/aromatic N) is 2. The van der Waals surface area contributed by atoms with Gasteiger partial charge in [0.2, 0.25) is 0 Å². The lowest BCUT2D eigenvalue weighted by Crippen LogP contribution is -2.18. The molecule has 3 nitrogen and oxygen atoms in total. The van der Waals surface area contributed by atoms with Gasteiger partial charge in [0.25, 0.3) is 0 Å². The molecule has 0 radical (unpaired) electrons. The van der Waals surface area contributed by atoms with Gasteiger partial charge in [0, 0.05) is 23.8 Å². The number of rotatable bonds is 7. The number of aryl methyl sites for hydroxylation is 1. The van der Waals surface area contributed by atoms with E-state index < -0.39 is 0 Å². The van der Waals surface area contributed by atoms with Gasteiger partial charge in [-0.25, -0.2) is 0 Å². The highest BCUT2D eigenvalue weighted by Gasteiger charge is 2.23. The molecule has 20 heavy (non-hydrogen) atoms. The molecular weight excluding hydrogens is 246 g/mol. The fraction of sp³-hybridized carbons (Fsp3) is 0.824. The van der Waals surface area contributed by atoms with E-state index in [-0.39, 0.29) is 0 Å². The Bertz CT molecular complexity index is 412. The Morgan fingerprint density at radius 3 is 2.40 bits per heavy atom. The van der Waals surface area contributed by atoms with Gasteiger partial charge in [0.1, 0.15) is 0 Å². The normalized spacial score (nSPS) is 17.8. The Balaban J connectivity index is 2.31. The highest BCUT2D eigenvalue weighted by atomic mass is 15.3. The van der Waals surface area contributed by atoms with Crippen molar-refractivity contribution in [2.24, 2.45) is 5.92 Å². The first kappa shape index (κ1) is 15.6. The molecule has 1 aliphatic carbocycles. The molecule has 0 bridgehead atoms. The summed E-state index contributed by atoms with van der Waals surface area (Å²) in [4.78, 5) is 0. The molecule has 0 amide bonds. The molecule has 0 spiro atoms. The predicted molar refractivity (Wildman–Crippen MR) is 85.0 cm³/mol. The third kappa shape index (κ3) is 3.08. The molecule has 1 unspecified atom stereocenters. The van der Waals surface area contributed by atoms with E-state index in [1.807, 2.05) is 0 Å². The number of hydrogen-bond donors (Lipinski definition) is 1. The fourth-order valence-electron chi connectivity index (χ4n) is 3.74. The van der Waals surface area contributed by atoms with Crippen LogP contribution in [0.3, 0.4) is 0 Å². The van der Waals surface area contributed by atoms with Crippen molar-refractivity contribution in [1.82, 2.24) is 15.1 Å². The lowest BCUT2D eigenvalue weighted by molar-refractivity contribution is 0.417. The summed E-state index contributed by atoms with van der Waals surface area (Å²) in [7, 11) is 2.07. The summed E-state index contributed by atoms with van der Waals surface area (Å²) in [5.74, 6) is 0.854. The van der Waals surface area contributed by atoms with Crippen LogP contribution in [0.2, 0.25) is 0 Å². The van der Waals surface area contributed by atoms with E-state index in [1.54, 1.807) is 0 Å². The molecule has 1 aromatic rings. The summed E-state index contributed by atoms with van der Waals surface area (Å²) in [6, 6.07) is 0.456. The number of nitrogens with one attached hydrogen (secondary N) is 1. The van der Waals surface area contributed by atoms with Crippen LogP contribution in [0.25, 0.3) is 0 Å². The van der Waals surface area contributed by atoms with Crippen LogP contribution in [0.5, 0.6) is 0 Å². The molecule has 0 aliphatic heterocycles. The van der Waals surface area contributed by atoms with Crippen LogP contribution in [0.1, 0.15) is 75.9 Å². The van der Waals surface area contributed by atoms with Gasteiger partial charge in [0.05, 0.1) is 5.69 Å². The van der Waals surface area contributed by atoms with Crippen LogP contribution < -0.4 is 5.32 Å². The van der Waals surface area contributed by atoms with E-state index in [2.05, 4.69) is 37.8 Å². The molecular formula is C17H31N3. The van der Waals surface area contributed by atoms with E-state index in [0.29, 0.717) is 6.04 Å². The van der Waals surface area contributed by atoms with Crippen LogP contribution >= 0.6 is 0 Å². The van der Waals surface area contributed by atoms with E-state index >= 15 is 0 Å². The zero-order chi connectivity index (χ0) is 14.5. The first-order chi connectivity index (χ1) is 9.74. The van der Waals surface area contributed by atoms with Gasteiger partial charge in [-0.15, -0.1) is 0 Å². The maximum Gasteiger partial charge on any atom is 0.0672 e. The van der Waals surface area contributed by atoms with Gasteiger partial charge in [-0.05, 0) is 45.1 Å². The van der Waals surface area contributed by atoms with Crippen molar-refractivity contribution in [2.75, 3.05) is 7.05 Å². The Morgan fingerprint density at radius 1 is 1.20 bits per heavy atom. The molecule has 1 fully saturated rings. The van der Waals surface area contributed by atoms with Gasteiger partial charge in [-0.3, -0.25) is 4.68 Å². The molecule has 1 aromatic heterocycles. The molecule has 1 saturated carbocycles. The summed E-state index contributed by atoms with van der Waals surface area (Å²) in [5, 5.41) is 8.43. The summed E-state index contributed by atoms with van der Waals surface area (Å²) >= 11 is 0. The van der Waals surface area contributed by atoms with Crippen LogP contribution in [-0.2, 0) is 19.4 Å². The van der Waals surface area contributed by atoms with Crippen molar-refractivity contribution in [3.8, 4) is 0 Å². The van der Waals surface area contributed by atoms with Crippen LogP contribution in [0.4, 0.5) is 0 Å². The maximum atomic E-state index is 4.96. The van der Waals surface area contributed by atoms with Crippen LogP contribution in [-0.4, -0.2) is 16.8 Å². The molecule has 114 valence electrons. The van der Waals surface area contributed by atoms with Crippen molar-refractivity contribution in [2.45, 2.75) is 78.3 Å². The number of aromatic nitrogens is 2. The lowest BCUT2D eigenvalue weighted by atomic mass is 9.99. The zero-order valence-corrected chi connectivity index (χ0v) is 13.7. The second-order valence-electron chi connectivity index (χ2n) is 6.10. The lowest BCUT2D eigenvalue weighted by Gasteiger charge is -2.17. The first-order valence-corrected chi connectivity index (χ1v) is 8.50. The SMILES string of the molecule is CCc1nn(CC2CCCC2)c(CC)c1C(CC)NC. The molecule has 1 atom stereocenters. The third-order valence-corrected chi connectivity index (χ3v) is 4.86. The first-order valence-electron chi connectivity index (χ1n) is 8.50. The largest absolute Gasteiger partial charge is 0.313 e. The van der Waals surface area contributed by atoms with E-state index in [0.717, 1.165) is 31.7 Å².